The summed E-state index contributed by atoms with van der Waals surface area (Å²) in [4.78, 5) is 34.0. The van der Waals surface area contributed by atoms with E-state index in [0.29, 0.717) is 16.9 Å². The van der Waals surface area contributed by atoms with Gasteiger partial charge in [-0.3, -0.25) is 9.59 Å². The molecule has 0 aliphatic heterocycles. The van der Waals surface area contributed by atoms with Gasteiger partial charge in [-0.1, -0.05) is 0 Å². The van der Waals surface area contributed by atoms with Crippen LogP contribution in [-0.4, -0.2) is 31.4 Å². The molecule has 0 unspecified atom stereocenters. The number of nitrogens with zero attached hydrogens (tertiary/aromatic N) is 4. The summed E-state index contributed by atoms with van der Waals surface area (Å²) in [6.07, 6.45) is -3.65. The fraction of sp³-hybridized carbons (Fsp3) is 0.0741. The van der Waals surface area contributed by atoms with Crippen LogP contribution in [-0.2, 0) is 0 Å². The minimum absolute atomic E-state index is 0.0231. The highest BCUT2D eigenvalue weighted by molar-refractivity contribution is 7.21. The number of rotatable bonds is 7. The van der Waals surface area contributed by atoms with E-state index < -0.39 is 41.9 Å². The van der Waals surface area contributed by atoms with Crippen molar-refractivity contribution in [1.82, 2.24) is 19.6 Å². The van der Waals surface area contributed by atoms with Gasteiger partial charge < -0.3 is 15.5 Å². The number of furan rings is 1. The normalized spacial score (nSPS) is 11.7. The Balaban J connectivity index is 1.51. The van der Waals surface area contributed by atoms with E-state index in [9.17, 15) is 31.5 Å². The van der Waals surface area contributed by atoms with E-state index in [1.165, 1.54) is 30.5 Å². The molecule has 0 spiro atoms. The fourth-order valence-electron chi connectivity index (χ4n) is 4.40. The molecule has 0 aliphatic rings. The largest absolute Gasteiger partial charge is 0.464 e. The quantitative estimate of drug-likeness (QED) is 0.199. The van der Waals surface area contributed by atoms with Crippen LogP contribution in [0.5, 0.6) is 0 Å². The summed E-state index contributed by atoms with van der Waals surface area (Å²) in [7, 11) is 0. The topological polar surface area (TPSA) is 128 Å². The van der Waals surface area contributed by atoms with Crippen LogP contribution in [0.1, 0.15) is 44.3 Å². The molecule has 42 heavy (non-hydrogen) atoms. The molecule has 0 bridgehead atoms. The molecule has 0 radical (unpaired) electrons. The number of hydrogen-bond acceptors (Lipinski definition) is 7. The molecule has 0 saturated carbocycles. The Bertz CT molecular complexity index is 1990. The summed E-state index contributed by atoms with van der Waals surface area (Å²) in [5.74, 6) is -2.29. The van der Waals surface area contributed by atoms with Gasteiger partial charge in [-0.15, -0.1) is 11.3 Å². The molecule has 2 amide bonds. The van der Waals surface area contributed by atoms with Crippen LogP contribution in [0.4, 0.5) is 27.6 Å². The van der Waals surface area contributed by atoms with Gasteiger partial charge in [0.25, 0.3) is 24.7 Å². The number of benzene rings is 1. The number of alkyl halides is 4. The van der Waals surface area contributed by atoms with E-state index in [0.717, 1.165) is 35.0 Å². The van der Waals surface area contributed by atoms with Crippen molar-refractivity contribution in [2.75, 3.05) is 5.32 Å². The van der Waals surface area contributed by atoms with Gasteiger partial charge in [0, 0.05) is 16.5 Å². The van der Waals surface area contributed by atoms with Crippen molar-refractivity contribution in [3.05, 3.63) is 88.6 Å². The van der Waals surface area contributed by atoms with Gasteiger partial charge in [0.05, 0.1) is 23.8 Å². The van der Waals surface area contributed by atoms with Crippen LogP contribution in [0.2, 0.25) is 0 Å². The number of primary amides is 1. The number of hydrogen-bond donors (Lipinski definition) is 2. The lowest BCUT2D eigenvalue weighted by molar-refractivity contribution is 0.100. The van der Waals surface area contributed by atoms with Gasteiger partial charge in [0.15, 0.2) is 5.65 Å². The molecular weight excluding hydrogens is 583 g/mol. The van der Waals surface area contributed by atoms with E-state index in [4.69, 9.17) is 10.2 Å². The number of halogens is 5. The highest BCUT2D eigenvalue weighted by Crippen LogP contribution is 2.43. The van der Waals surface area contributed by atoms with E-state index in [1.807, 2.05) is 0 Å². The fourth-order valence-corrected chi connectivity index (χ4v) is 5.41. The number of carbonyl (C=O) groups excluding carboxylic acids is 2. The first-order valence-corrected chi connectivity index (χ1v) is 12.8. The number of aromatic nitrogens is 4. The summed E-state index contributed by atoms with van der Waals surface area (Å²) < 4.78 is 74.9. The molecule has 0 aliphatic carbocycles. The third kappa shape index (κ3) is 4.62. The third-order valence-electron chi connectivity index (χ3n) is 6.26. The Morgan fingerprint density at radius 2 is 1.79 bits per heavy atom. The molecule has 212 valence electrons. The van der Waals surface area contributed by atoms with Crippen molar-refractivity contribution in [2.24, 2.45) is 5.73 Å². The lowest BCUT2D eigenvalue weighted by atomic mass is 10.1. The summed E-state index contributed by atoms with van der Waals surface area (Å²) >= 11 is 0.683. The van der Waals surface area contributed by atoms with Gasteiger partial charge in [-0.2, -0.15) is 5.10 Å². The molecule has 15 heteroatoms. The Morgan fingerprint density at radius 1 is 1.02 bits per heavy atom. The smallest absolute Gasteiger partial charge is 0.280 e. The lowest BCUT2D eigenvalue weighted by Crippen LogP contribution is -2.17. The first-order chi connectivity index (χ1) is 20.1. The molecule has 6 rings (SSSR count). The molecular formula is C27H15F5N6O3S. The van der Waals surface area contributed by atoms with Gasteiger partial charge in [0.2, 0.25) is 0 Å². The highest BCUT2D eigenvalue weighted by atomic mass is 32.1. The molecule has 0 atom stereocenters. The summed E-state index contributed by atoms with van der Waals surface area (Å²) in [5, 5.41) is 6.55. The maximum absolute atomic E-state index is 14.0. The molecule has 0 saturated heterocycles. The molecule has 6 aromatic rings. The second kappa shape index (κ2) is 10.3. The van der Waals surface area contributed by atoms with Crippen molar-refractivity contribution < 1.29 is 36.0 Å². The number of carbonyl (C=O) groups is 2. The number of nitrogens with two attached hydrogens (primary N) is 1. The summed E-state index contributed by atoms with van der Waals surface area (Å²) in [6, 6.07) is 10.1. The first kappa shape index (κ1) is 27.0. The van der Waals surface area contributed by atoms with Crippen molar-refractivity contribution >= 4 is 44.7 Å². The number of amides is 2. The number of anilines is 1. The second-order valence-electron chi connectivity index (χ2n) is 8.84. The lowest BCUT2D eigenvalue weighted by Gasteiger charge is -2.10. The van der Waals surface area contributed by atoms with Crippen molar-refractivity contribution in [3.8, 4) is 22.6 Å². The number of fused-ring (bicyclic) bond motifs is 2. The molecule has 5 aromatic heterocycles. The molecule has 1 aromatic carbocycles. The molecule has 9 nitrogen and oxygen atoms in total. The second-order valence-corrected chi connectivity index (χ2v) is 9.84. The maximum Gasteiger partial charge on any atom is 0.280 e. The van der Waals surface area contributed by atoms with Crippen LogP contribution < -0.4 is 11.1 Å². The number of pyridine rings is 1. The summed E-state index contributed by atoms with van der Waals surface area (Å²) in [6.45, 7) is 0. The highest BCUT2D eigenvalue weighted by Gasteiger charge is 2.28. The van der Waals surface area contributed by atoms with Gasteiger partial charge >= 0.3 is 0 Å². The number of thiophene rings is 1. The minimum atomic E-state index is -3.02. The van der Waals surface area contributed by atoms with Crippen LogP contribution in [0, 0.1) is 5.82 Å². The SMILES string of the molecule is NC(=O)c1sc2nc(C(F)F)cc(-c3ccco3)c2c1NC(=O)c1cnn2c(C(F)F)cc(-c3ccc(F)cc3)nc12. The van der Waals surface area contributed by atoms with Gasteiger partial charge in [-0.05, 0) is 48.5 Å². The molecule has 3 N–H and O–H groups in total. The van der Waals surface area contributed by atoms with Crippen molar-refractivity contribution in [2.45, 2.75) is 12.9 Å². The van der Waals surface area contributed by atoms with E-state index in [1.54, 1.807) is 0 Å². The number of nitrogens with one attached hydrogen (secondary N) is 1. The van der Waals surface area contributed by atoms with Gasteiger partial charge in [0.1, 0.15) is 38.2 Å². The van der Waals surface area contributed by atoms with Crippen LogP contribution in [0.3, 0.4) is 0 Å². The standard InChI is InChI=1S/C27H15F5N6O3S/c28-12-5-3-11(4-6-12)15-9-17(23(31)32)38-25(35-15)14(10-34-38)26(40)37-20-19-13(18-2-1-7-41-18)8-16(22(29)30)36-27(19)42-21(20)24(33)39/h1-10,22-23H,(H2,33,39)(H,37,40). The Labute approximate surface area is 235 Å². The van der Waals surface area contributed by atoms with Crippen molar-refractivity contribution in [1.29, 1.82) is 0 Å². The van der Waals surface area contributed by atoms with E-state index >= 15 is 0 Å². The molecule has 0 fully saturated rings. The van der Waals surface area contributed by atoms with Crippen LogP contribution in [0.25, 0.3) is 38.4 Å². The van der Waals surface area contributed by atoms with E-state index in [-0.39, 0.29) is 49.0 Å². The monoisotopic (exact) mass is 598 g/mol. The predicted molar refractivity (Wildman–Crippen MR) is 142 cm³/mol. The zero-order chi connectivity index (χ0) is 29.7. The average Bonchev–Trinajstić information content (AvgIpc) is 3.71. The first-order valence-electron chi connectivity index (χ1n) is 12.0. The van der Waals surface area contributed by atoms with E-state index in [2.05, 4.69) is 20.4 Å². The van der Waals surface area contributed by atoms with Crippen molar-refractivity contribution in [3.63, 3.8) is 0 Å². The van der Waals surface area contributed by atoms with Crippen LogP contribution >= 0.6 is 11.3 Å². The Hall–Kier alpha value is -5.18. The minimum Gasteiger partial charge on any atom is -0.464 e. The van der Waals surface area contributed by atoms with Gasteiger partial charge in [-0.25, -0.2) is 36.4 Å². The third-order valence-corrected chi connectivity index (χ3v) is 7.36. The summed E-state index contributed by atoms with van der Waals surface area (Å²) in [5.41, 5.74) is 4.16. The zero-order valence-corrected chi connectivity index (χ0v) is 21.6. The average molecular weight is 599 g/mol. The maximum atomic E-state index is 14.0. The van der Waals surface area contributed by atoms with Crippen LogP contribution in [0.15, 0.2) is 65.4 Å². The Morgan fingerprint density at radius 3 is 2.43 bits per heavy atom. The Kier molecular flexibility index (Phi) is 6.65. The molecule has 5 heterocycles. The zero-order valence-electron chi connectivity index (χ0n) is 20.8. The predicted octanol–water partition coefficient (Wildman–Crippen LogP) is 6.63.